The molecule has 0 fully saturated rings. The van der Waals surface area contributed by atoms with Crippen LogP contribution in [-0.2, 0) is 12.8 Å². The minimum absolute atomic E-state index is 0.349. The van der Waals surface area contributed by atoms with Gasteiger partial charge in [-0.05, 0) is 62.7 Å². The molecule has 0 N–H and O–H groups in total. The van der Waals surface area contributed by atoms with E-state index in [1.54, 1.807) is 0 Å². The monoisotopic (exact) mass is 315 g/mol. The molecule has 2 heteroatoms. The third kappa shape index (κ3) is 4.67. The summed E-state index contributed by atoms with van der Waals surface area (Å²) in [6.07, 6.45) is 8.63. The van der Waals surface area contributed by atoms with Crippen molar-refractivity contribution < 1.29 is 4.79 Å². The van der Waals surface area contributed by atoms with Gasteiger partial charge in [-0.1, -0.05) is 45.4 Å². The first-order valence-corrected chi connectivity index (χ1v) is 9.59. The first-order chi connectivity index (χ1) is 11.2. The quantitative estimate of drug-likeness (QED) is 0.595. The Labute approximate surface area is 142 Å². The van der Waals surface area contributed by atoms with Gasteiger partial charge in [0.25, 0.3) is 0 Å². The van der Waals surface area contributed by atoms with E-state index in [2.05, 4.69) is 43.9 Å². The van der Waals surface area contributed by atoms with E-state index in [9.17, 15) is 4.79 Å². The maximum atomic E-state index is 12.6. The van der Waals surface area contributed by atoms with Gasteiger partial charge in [0.2, 0.25) is 0 Å². The summed E-state index contributed by atoms with van der Waals surface area (Å²) in [4.78, 5) is 15.2. The number of hydrogen-bond acceptors (Lipinski definition) is 2. The molecule has 23 heavy (non-hydrogen) atoms. The standard InChI is InChI=1S/C21H33NO/c1-4-7-11-21(23)19-10-8-9-17-12-13-18(16-20(17)19)22(14-5-2)15-6-3/h8-10,18H,4-7,11-16H2,1-3H3/t18-/m0/s1. The lowest BCUT2D eigenvalue weighted by Crippen LogP contribution is -2.40. The number of aryl methyl sites for hydroxylation is 1. The van der Waals surface area contributed by atoms with E-state index in [0.717, 1.165) is 31.2 Å². The highest BCUT2D eigenvalue weighted by molar-refractivity contribution is 5.97. The highest BCUT2D eigenvalue weighted by Crippen LogP contribution is 2.28. The fraction of sp³-hybridized carbons (Fsp3) is 0.667. The van der Waals surface area contributed by atoms with Crippen LogP contribution in [0.25, 0.3) is 0 Å². The molecule has 0 saturated carbocycles. The second-order valence-electron chi connectivity index (χ2n) is 6.90. The Kier molecular flexibility index (Phi) is 7.29. The Bertz CT molecular complexity index is 503. The highest BCUT2D eigenvalue weighted by Gasteiger charge is 2.26. The second-order valence-corrected chi connectivity index (χ2v) is 6.90. The number of unbranched alkanes of at least 4 members (excludes halogenated alkanes) is 1. The largest absolute Gasteiger partial charge is 0.300 e. The first-order valence-electron chi connectivity index (χ1n) is 9.59. The molecule has 1 aromatic carbocycles. The number of hydrogen-bond donors (Lipinski definition) is 0. The van der Waals surface area contributed by atoms with Gasteiger partial charge in [-0.25, -0.2) is 0 Å². The zero-order chi connectivity index (χ0) is 16.7. The predicted octanol–water partition coefficient (Wildman–Crippen LogP) is 5.04. The van der Waals surface area contributed by atoms with E-state index < -0.39 is 0 Å². The van der Waals surface area contributed by atoms with Crippen LogP contribution >= 0.6 is 0 Å². The van der Waals surface area contributed by atoms with E-state index in [4.69, 9.17) is 0 Å². The van der Waals surface area contributed by atoms with Gasteiger partial charge in [0.1, 0.15) is 0 Å². The fourth-order valence-corrected chi connectivity index (χ4v) is 3.87. The van der Waals surface area contributed by atoms with Crippen LogP contribution < -0.4 is 0 Å². The molecule has 0 radical (unpaired) electrons. The van der Waals surface area contributed by atoms with Crippen molar-refractivity contribution in [3.05, 3.63) is 34.9 Å². The molecule has 0 aliphatic heterocycles. The van der Waals surface area contributed by atoms with E-state index in [1.807, 2.05) is 0 Å². The molecule has 0 bridgehead atoms. The Balaban J connectivity index is 2.19. The minimum Gasteiger partial charge on any atom is -0.300 e. The van der Waals surface area contributed by atoms with E-state index in [1.165, 1.54) is 43.5 Å². The fourth-order valence-electron chi connectivity index (χ4n) is 3.87. The van der Waals surface area contributed by atoms with Crippen LogP contribution in [0.15, 0.2) is 18.2 Å². The number of carbonyl (C=O) groups is 1. The van der Waals surface area contributed by atoms with Crippen LogP contribution in [0.4, 0.5) is 0 Å². The molecule has 0 saturated heterocycles. The first kappa shape index (κ1) is 18.2. The van der Waals surface area contributed by atoms with Gasteiger partial charge in [-0.3, -0.25) is 4.79 Å². The summed E-state index contributed by atoms with van der Waals surface area (Å²) in [6.45, 7) is 9.04. The maximum absolute atomic E-state index is 12.6. The summed E-state index contributed by atoms with van der Waals surface area (Å²) in [5, 5.41) is 0. The maximum Gasteiger partial charge on any atom is 0.163 e. The van der Waals surface area contributed by atoms with E-state index in [0.29, 0.717) is 18.2 Å². The SMILES string of the molecule is CCCCC(=O)c1cccc2c1C[C@@H](N(CCC)CCC)CC2. The van der Waals surface area contributed by atoms with Crippen molar-refractivity contribution in [2.24, 2.45) is 0 Å². The van der Waals surface area contributed by atoms with Crippen molar-refractivity contribution in [3.63, 3.8) is 0 Å². The van der Waals surface area contributed by atoms with Gasteiger partial charge in [-0.2, -0.15) is 0 Å². The summed E-state index contributed by atoms with van der Waals surface area (Å²) in [5.41, 5.74) is 3.77. The van der Waals surface area contributed by atoms with Crippen molar-refractivity contribution in [1.29, 1.82) is 0 Å². The third-order valence-electron chi connectivity index (χ3n) is 5.06. The minimum atomic E-state index is 0.349. The molecule has 1 aliphatic rings. The number of fused-ring (bicyclic) bond motifs is 1. The molecule has 2 nitrogen and oxygen atoms in total. The molecular weight excluding hydrogens is 282 g/mol. The van der Waals surface area contributed by atoms with Crippen molar-refractivity contribution >= 4 is 5.78 Å². The number of benzene rings is 1. The van der Waals surface area contributed by atoms with Gasteiger partial charge in [0, 0.05) is 18.0 Å². The van der Waals surface area contributed by atoms with Crippen LogP contribution in [0.1, 0.15) is 80.8 Å². The molecular formula is C21H33NO. The molecule has 0 aromatic heterocycles. The summed E-state index contributed by atoms with van der Waals surface area (Å²) < 4.78 is 0. The van der Waals surface area contributed by atoms with Crippen LogP contribution in [0.2, 0.25) is 0 Å². The van der Waals surface area contributed by atoms with Gasteiger partial charge in [0.05, 0.1) is 0 Å². The molecule has 0 spiro atoms. The Morgan fingerprint density at radius 3 is 2.52 bits per heavy atom. The molecule has 2 rings (SSSR count). The Morgan fingerprint density at radius 1 is 1.13 bits per heavy atom. The normalized spacial score (nSPS) is 17.3. The summed E-state index contributed by atoms with van der Waals surface area (Å²) in [7, 11) is 0. The Morgan fingerprint density at radius 2 is 1.87 bits per heavy atom. The predicted molar refractivity (Wildman–Crippen MR) is 98.3 cm³/mol. The van der Waals surface area contributed by atoms with Gasteiger partial charge < -0.3 is 4.90 Å². The van der Waals surface area contributed by atoms with Crippen molar-refractivity contribution in [1.82, 2.24) is 4.90 Å². The third-order valence-corrected chi connectivity index (χ3v) is 5.06. The summed E-state index contributed by atoms with van der Waals surface area (Å²) in [5.74, 6) is 0.349. The smallest absolute Gasteiger partial charge is 0.163 e. The highest BCUT2D eigenvalue weighted by atomic mass is 16.1. The lowest BCUT2D eigenvalue weighted by molar-refractivity contribution is 0.0977. The second kappa shape index (κ2) is 9.22. The van der Waals surface area contributed by atoms with Crippen molar-refractivity contribution in [2.75, 3.05) is 13.1 Å². The summed E-state index contributed by atoms with van der Waals surface area (Å²) in [6, 6.07) is 6.98. The molecule has 128 valence electrons. The average molecular weight is 316 g/mol. The van der Waals surface area contributed by atoms with Crippen LogP contribution in [0.5, 0.6) is 0 Å². The van der Waals surface area contributed by atoms with Crippen LogP contribution in [-0.4, -0.2) is 29.8 Å². The molecule has 1 atom stereocenters. The number of nitrogens with zero attached hydrogens (tertiary/aromatic N) is 1. The topological polar surface area (TPSA) is 20.3 Å². The Hall–Kier alpha value is -1.15. The van der Waals surface area contributed by atoms with Crippen LogP contribution in [0, 0.1) is 0 Å². The molecule has 1 aromatic rings. The van der Waals surface area contributed by atoms with Crippen molar-refractivity contribution in [2.45, 2.75) is 78.2 Å². The van der Waals surface area contributed by atoms with Gasteiger partial charge in [-0.15, -0.1) is 0 Å². The number of carbonyl (C=O) groups excluding carboxylic acids is 1. The van der Waals surface area contributed by atoms with Crippen molar-refractivity contribution in [3.8, 4) is 0 Å². The molecule has 0 heterocycles. The summed E-state index contributed by atoms with van der Waals surface area (Å²) >= 11 is 0. The number of ketones is 1. The van der Waals surface area contributed by atoms with Gasteiger partial charge in [0.15, 0.2) is 5.78 Å². The zero-order valence-electron chi connectivity index (χ0n) is 15.2. The number of rotatable bonds is 9. The van der Waals surface area contributed by atoms with Crippen LogP contribution in [0.3, 0.4) is 0 Å². The average Bonchev–Trinajstić information content (AvgIpc) is 2.58. The van der Waals surface area contributed by atoms with Gasteiger partial charge >= 0.3 is 0 Å². The van der Waals surface area contributed by atoms with E-state index >= 15 is 0 Å². The lowest BCUT2D eigenvalue weighted by Gasteiger charge is -2.35. The van der Waals surface area contributed by atoms with E-state index in [-0.39, 0.29) is 0 Å². The molecule has 1 aliphatic carbocycles. The molecule has 0 amide bonds. The molecule has 0 unspecified atom stereocenters. The number of Topliss-reactive ketones (excluding diaryl/α,β-unsaturated/α-hetero) is 1. The zero-order valence-corrected chi connectivity index (χ0v) is 15.2. The lowest BCUT2D eigenvalue weighted by atomic mass is 9.83.